The zero-order valence-electron chi connectivity index (χ0n) is 14.4. The van der Waals surface area contributed by atoms with Crippen molar-refractivity contribution in [2.24, 2.45) is 0 Å². The number of benzene rings is 1. The molecule has 3 rings (SSSR count). The van der Waals surface area contributed by atoms with Crippen molar-refractivity contribution in [3.63, 3.8) is 0 Å². The van der Waals surface area contributed by atoms with Crippen LogP contribution in [0.25, 0.3) is 0 Å². The van der Waals surface area contributed by atoms with Gasteiger partial charge in [0.2, 0.25) is 5.91 Å². The van der Waals surface area contributed by atoms with Crippen LogP contribution in [0.2, 0.25) is 5.15 Å². The molecule has 1 aliphatic heterocycles. The van der Waals surface area contributed by atoms with E-state index in [1.165, 1.54) is 6.33 Å². The highest BCUT2D eigenvalue weighted by atomic mass is 79.9. The molecule has 0 aliphatic carbocycles. The average Bonchev–Trinajstić information content (AvgIpc) is 2.64. The van der Waals surface area contributed by atoms with E-state index in [9.17, 15) is 4.79 Å². The Balaban J connectivity index is 1.53. The standard InChI is InChI=1S/C17H20BrClN6O/c1-20-15-16(19)21-11-22-17(15)25-8-6-24(7-9-25)10-14(26)23-13-4-2-12(18)3-5-13/h2-5,11,20H,6-10H2,1H3,(H,23,26). The van der Waals surface area contributed by atoms with Crippen LogP contribution in [0.15, 0.2) is 35.1 Å². The van der Waals surface area contributed by atoms with Gasteiger partial charge in [-0.2, -0.15) is 0 Å². The van der Waals surface area contributed by atoms with Crippen LogP contribution >= 0.6 is 27.5 Å². The maximum atomic E-state index is 12.2. The number of nitrogens with zero attached hydrogens (tertiary/aromatic N) is 4. The second-order valence-electron chi connectivity index (χ2n) is 5.93. The second-order valence-corrected chi connectivity index (χ2v) is 7.21. The molecule has 2 N–H and O–H groups in total. The molecule has 9 heteroatoms. The molecule has 7 nitrogen and oxygen atoms in total. The van der Waals surface area contributed by atoms with Gasteiger partial charge >= 0.3 is 0 Å². The van der Waals surface area contributed by atoms with Gasteiger partial charge in [-0.3, -0.25) is 9.69 Å². The van der Waals surface area contributed by atoms with Crippen molar-refractivity contribution in [3.05, 3.63) is 40.2 Å². The molecule has 1 amide bonds. The van der Waals surface area contributed by atoms with E-state index < -0.39 is 0 Å². The van der Waals surface area contributed by atoms with E-state index in [0.29, 0.717) is 11.7 Å². The van der Waals surface area contributed by atoms with E-state index in [1.54, 1.807) is 7.05 Å². The van der Waals surface area contributed by atoms with Gasteiger partial charge in [0.05, 0.1) is 6.54 Å². The summed E-state index contributed by atoms with van der Waals surface area (Å²) >= 11 is 9.51. The first kappa shape index (κ1) is 18.9. The molecule has 0 spiro atoms. The molecule has 0 atom stereocenters. The number of piperazine rings is 1. The minimum absolute atomic E-state index is 0.0123. The van der Waals surface area contributed by atoms with Crippen LogP contribution in [-0.4, -0.2) is 60.5 Å². The van der Waals surface area contributed by atoms with E-state index >= 15 is 0 Å². The number of rotatable bonds is 5. The van der Waals surface area contributed by atoms with Crippen LogP contribution in [0, 0.1) is 0 Å². The molecular weight excluding hydrogens is 420 g/mol. The normalized spacial score (nSPS) is 15.0. The zero-order chi connectivity index (χ0) is 18.5. The molecule has 1 aromatic carbocycles. The Labute approximate surface area is 165 Å². The molecule has 1 saturated heterocycles. The summed E-state index contributed by atoms with van der Waals surface area (Å²) in [5.41, 5.74) is 1.53. The van der Waals surface area contributed by atoms with Gasteiger partial charge in [-0.05, 0) is 24.3 Å². The summed E-state index contributed by atoms with van der Waals surface area (Å²) in [6.07, 6.45) is 1.47. The first-order chi connectivity index (χ1) is 12.6. The van der Waals surface area contributed by atoms with Crippen molar-refractivity contribution in [2.75, 3.05) is 55.3 Å². The quantitative estimate of drug-likeness (QED) is 0.698. The molecule has 1 fully saturated rings. The summed E-state index contributed by atoms with van der Waals surface area (Å²) in [7, 11) is 1.80. The van der Waals surface area contributed by atoms with Crippen LogP contribution < -0.4 is 15.5 Å². The van der Waals surface area contributed by atoms with Crippen molar-refractivity contribution in [1.82, 2.24) is 14.9 Å². The molecule has 26 heavy (non-hydrogen) atoms. The summed E-state index contributed by atoms with van der Waals surface area (Å²) in [5, 5.41) is 6.39. The monoisotopic (exact) mass is 438 g/mol. The number of anilines is 3. The number of aromatic nitrogens is 2. The Morgan fingerprint density at radius 3 is 2.54 bits per heavy atom. The van der Waals surface area contributed by atoms with Gasteiger partial charge in [-0.15, -0.1) is 0 Å². The maximum absolute atomic E-state index is 12.2. The van der Waals surface area contributed by atoms with E-state index in [2.05, 4.69) is 46.3 Å². The molecule has 0 radical (unpaired) electrons. The minimum atomic E-state index is -0.0123. The molecule has 0 saturated carbocycles. The predicted molar refractivity (Wildman–Crippen MR) is 108 cm³/mol. The van der Waals surface area contributed by atoms with Crippen molar-refractivity contribution in [3.8, 4) is 0 Å². The SMILES string of the molecule is CNc1c(Cl)ncnc1N1CCN(CC(=O)Nc2ccc(Br)cc2)CC1. The highest BCUT2D eigenvalue weighted by Gasteiger charge is 2.22. The summed E-state index contributed by atoms with van der Waals surface area (Å²) in [5.74, 6) is 0.785. The van der Waals surface area contributed by atoms with Gasteiger partial charge in [0.15, 0.2) is 11.0 Å². The van der Waals surface area contributed by atoms with Crippen molar-refractivity contribution < 1.29 is 4.79 Å². The van der Waals surface area contributed by atoms with Gasteiger partial charge in [0.25, 0.3) is 0 Å². The first-order valence-electron chi connectivity index (χ1n) is 8.28. The van der Waals surface area contributed by atoms with E-state index in [0.717, 1.165) is 47.8 Å². The van der Waals surface area contributed by atoms with Gasteiger partial charge in [0, 0.05) is 43.4 Å². The van der Waals surface area contributed by atoms with Gasteiger partial charge in [0.1, 0.15) is 12.0 Å². The topological polar surface area (TPSA) is 73.4 Å². The zero-order valence-corrected chi connectivity index (χ0v) is 16.7. The fourth-order valence-electron chi connectivity index (χ4n) is 2.86. The molecule has 0 bridgehead atoms. The maximum Gasteiger partial charge on any atom is 0.238 e. The first-order valence-corrected chi connectivity index (χ1v) is 9.45. The third-order valence-electron chi connectivity index (χ3n) is 4.20. The third-order valence-corrected chi connectivity index (χ3v) is 5.01. The summed E-state index contributed by atoms with van der Waals surface area (Å²) in [6.45, 7) is 3.46. The highest BCUT2D eigenvalue weighted by molar-refractivity contribution is 9.10. The Bertz CT molecular complexity index is 764. The summed E-state index contributed by atoms with van der Waals surface area (Å²) in [6, 6.07) is 7.55. The van der Waals surface area contributed by atoms with Crippen LogP contribution in [0.4, 0.5) is 17.2 Å². The molecule has 2 aromatic rings. The fraction of sp³-hybridized carbons (Fsp3) is 0.353. The second kappa shape index (κ2) is 8.66. The Morgan fingerprint density at radius 2 is 1.88 bits per heavy atom. The molecule has 1 aliphatic rings. The number of carbonyl (C=O) groups excluding carboxylic acids is 1. The smallest absolute Gasteiger partial charge is 0.238 e. The number of carbonyl (C=O) groups is 1. The lowest BCUT2D eigenvalue weighted by Crippen LogP contribution is -2.49. The van der Waals surface area contributed by atoms with E-state index in [-0.39, 0.29) is 5.91 Å². The largest absolute Gasteiger partial charge is 0.383 e. The van der Waals surface area contributed by atoms with Crippen molar-refractivity contribution in [1.29, 1.82) is 0 Å². The molecule has 138 valence electrons. The van der Waals surface area contributed by atoms with E-state index in [4.69, 9.17) is 11.6 Å². The van der Waals surface area contributed by atoms with Crippen molar-refractivity contribution in [2.45, 2.75) is 0 Å². The Hall–Kier alpha value is -1.90. The van der Waals surface area contributed by atoms with Crippen molar-refractivity contribution >= 4 is 50.6 Å². The molecule has 1 aromatic heterocycles. The summed E-state index contributed by atoms with van der Waals surface area (Å²) in [4.78, 5) is 24.9. The molecular formula is C17H20BrClN6O. The van der Waals surface area contributed by atoms with Crippen LogP contribution in [-0.2, 0) is 4.79 Å². The highest BCUT2D eigenvalue weighted by Crippen LogP contribution is 2.29. The molecule has 2 heterocycles. The number of hydrogen-bond acceptors (Lipinski definition) is 6. The van der Waals surface area contributed by atoms with Crippen LogP contribution in [0.3, 0.4) is 0 Å². The number of amides is 1. The lowest BCUT2D eigenvalue weighted by molar-refractivity contribution is -0.117. The van der Waals surface area contributed by atoms with Crippen LogP contribution in [0.5, 0.6) is 0 Å². The number of nitrogens with one attached hydrogen (secondary N) is 2. The number of hydrogen-bond donors (Lipinski definition) is 2. The Kier molecular flexibility index (Phi) is 6.29. The fourth-order valence-corrected chi connectivity index (χ4v) is 3.35. The van der Waals surface area contributed by atoms with Crippen LogP contribution in [0.1, 0.15) is 0 Å². The third kappa shape index (κ3) is 4.63. The average molecular weight is 440 g/mol. The van der Waals surface area contributed by atoms with Gasteiger partial charge < -0.3 is 15.5 Å². The lowest BCUT2D eigenvalue weighted by Gasteiger charge is -2.35. The van der Waals surface area contributed by atoms with E-state index in [1.807, 2.05) is 24.3 Å². The predicted octanol–water partition coefficient (Wildman–Crippen LogP) is 2.69. The molecule has 0 unspecified atom stereocenters. The Morgan fingerprint density at radius 1 is 1.19 bits per heavy atom. The summed E-state index contributed by atoms with van der Waals surface area (Å²) < 4.78 is 0.984. The lowest BCUT2D eigenvalue weighted by atomic mass is 10.3. The number of halogens is 2. The van der Waals surface area contributed by atoms with Gasteiger partial charge in [-0.1, -0.05) is 27.5 Å². The minimum Gasteiger partial charge on any atom is -0.383 e. The van der Waals surface area contributed by atoms with Gasteiger partial charge in [-0.25, -0.2) is 9.97 Å².